The van der Waals surface area contributed by atoms with Crippen LogP contribution in [0.4, 0.5) is 21.0 Å². The number of nitrogens with zero attached hydrogens (tertiary/aromatic N) is 1. The van der Waals surface area contributed by atoms with Crippen LogP contribution in [0.15, 0.2) is 72.8 Å². The summed E-state index contributed by atoms with van der Waals surface area (Å²) in [6.07, 6.45) is 8.18. The molecule has 0 aromatic heterocycles. The van der Waals surface area contributed by atoms with Crippen molar-refractivity contribution in [1.29, 1.82) is 0 Å². The third-order valence-electron chi connectivity index (χ3n) is 7.16. The molecule has 0 radical (unpaired) electrons. The molecule has 0 spiro atoms. The minimum absolute atomic E-state index is 0.151. The fourth-order valence-electron chi connectivity index (χ4n) is 5.21. The molecule has 8 heteroatoms. The Morgan fingerprint density at radius 2 is 1.70 bits per heavy atom. The molecule has 8 nitrogen and oxygen atoms in total. The highest BCUT2D eigenvalue weighted by atomic mass is 16.6. The Morgan fingerprint density at radius 1 is 1.00 bits per heavy atom. The highest BCUT2D eigenvalue weighted by Crippen LogP contribution is 2.39. The normalized spacial score (nSPS) is 13.8. The molecule has 0 bridgehead atoms. The Kier molecular flexibility index (Phi) is 10.6. The first-order valence-corrected chi connectivity index (χ1v) is 14.7. The van der Waals surface area contributed by atoms with Crippen LogP contribution in [0.5, 0.6) is 5.75 Å². The second-order valence-electron chi connectivity index (χ2n) is 11.6. The molecule has 0 unspecified atom stereocenters. The molecule has 1 aliphatic rings. The van der Waals surface area contributed by atoms with Gasteiger partial charge in [0.1, 0.15) is 17.6 Å². The topological polar surface area (TPSA) is 105 Å². The lowest BCUT2D eigenvalue weighted by molar-refractivity contribution is 0.0635. The average molecular weight is 585 g/mol. The molecule has 3 aromatic carbocycles. The molecule has 2 amide bonds. The molecule has 226 valence electrons. The Balaban J connectivity index is 1.70. The molecule has 0 saturated heterocycles. The fourth-order valence-corrected chi connectivity index (χ4v) is 5.21. The van der Waals surface area contributed by atoms with Crippen LogP contribution in [-0.2, 0) is 4.74 Å². The van der Waals surface area contributed by atoms with Gasteiger partial charge in [-0.25, -0.2) is 9.59 Å². The molecule has 0 heterocycles. The molecule has 4 rings (SSSR count). The van der Waals surface area contributed by atoms with Gasteiger partial charge in [0.2, 0.25) is 0 Å². The van der Waals surface area contributed by atoms with E-state index in [-0.39, 0.29) is 6.04 Å². The number of nitrogens with one attached hydrogen (secondary N) is 1. The van der Waals surface area contributed by atoms with Crippen LogP contribution in [0.2, 0.25) is 0 Å². The van der Waals surface area contributed by atoms with E-state index in [0.29, 0.717) is 41.3 Å². The highest BCUT2D eigenvalue weighted by molar-refractivity contribution is 5.98. The van der Waals surface area contributed by atoms with E-state index in [0.717, 1.165) is 49.5 Å². The number of benzene rings is 3. The molecule has 0 atom stereocenters. The molecule has 3 aromatic rings. The molecule has 1 aliphatic carbocycles. The highest BCUT2D eigenvalue weighted by Gasteiger charge is 2.30. The summed E-state index contributed by atoms with van der Waals surface area (Å²) in [5.41, 5.74) is 3.19. The van der Waals surface area contributed by atoms with Crippen LogP contribution in [0, 0.1) is 0 Å². The minimum atomic E-state index is -1.02. The number of amides is 2. The Hall–Kier alpha value is -4.59. The summed E-state index contributed by atoms with van der Waals surface area (Å²) in [6.45, 7) is 5.78. The first kappa shape index (κ1) is 31.3. The summed E-state index contributed by atoms with van der Waals surface area (Å²) < 4.78 is 11.3. The van der Waals surface area contributed by atoms with E-state index >= 15 is 0 Å². The summed E-state index contributed by atoms with van der Waals surface area (Å²) in [5, 5.41) is 13.3. The monoisotopic (exact) mass is 584 g/mol. The van der Waals surface area contributed by atoms with Crippen LogP contribution in [0.1, 0.15) is 75.2 Å². The van der Waals surface area contributed by atoms with Crippen LogP contribution in [-0.4, -0.2) is 41.8 Å². The van der Waals surface area contributed by atoms with Gasteiger partial charge in [-0.1, -0.05) is 61.7 Å². The number of hydrogen-bond acceptors (Lipinski definition) is 5. The van der Waals surface area contributed by atoms with Crippen LogP contribution in [0.25, 0.3) is 17.2 Å². The predicted molar refractivity (Wildman–Crippen MR) is 170 cm³/mol. The van der Waals surface area contributed by atoms with E-state index in [9.17, 15) is 19.5 Å². The van der Waals surface area contributed by atoms with Crippen LogP contribution < -0.4 is 15.0 Å². The number of rotatable bonds is 10. The molecule has 1 saturated carbocycles. The maximum absolute atomic E-state index is 12.9. The number of anilines is 2. The first-order chi connectivity index (χ1) is 20.6. The Labute approximate surface area is 253 Å². The molecule has 2 N–H and O–H groups in total. The number of carbonyl (C=O) groups excluding carboxylic acids is 2. The third-order valence-corrected chi connectivity index (χ3v) is 7.16. The second-order valence-corrected chi connectivity index (χ2v) is 11.6. The lowest BCUT2D eigenvalue weighted by atomic mass is 9.92. The van der Waals surface area contributed by atoms with E-state index in [1.54, 1.807) is 51.1 Å². The van der Waals surface area contributed by atoms with Gasteiger partial charge >= 0.3 is 12.2 Å². The van der Waals surface area contributed by atoms with Crippen LogP contribution in [0.3, 0.4) is 0 Å². The average Bonchev–Trinajstić information content (AvgIpc) is 2.98. The van der Waals surface area contributed by atoms with Gasteiger partial charge in [-0.15, -0.1) is 0 Å². The van der Waals surface area contributed by atoms with E-state index in [1.165, 1.54) is 4.90 Å². The fraction of sp³-hybridized carbons (Fsp3) is 0.343. The van der Waals surface area contributed by atoms with Crippen molar-refractivity contribution in [1.82, 2.24) is 0 Å². The zero-order valence-corrected chi connectivity index (χ0v) is 25.0. The number of hydrogen-bond donors (Lipinski definition) is 2. The van der Waals surface area contributed by atoms with Gasteiger partial charge in [-0.2, -0.15) is 0 Å². The van der Waals surface area contributed by atoms with Crippen molar-refractivity contribution < 1.29 is 29.0 Å². The van der Waals surface area contributed by atoms with Crippen molar-refractivity contribution in [3.63, 3.8) is 0 Å². The zero-order valence-electron chi connectivity index (χ0n) is 25.0. The quantitative estimate of drug-likeness (QED) is 0.182. The third kappa shape index (κ3) is 8.95. The Morgan fingerprint density at radius 3 is 2.33 bits per heavy atom. The number of carbonyl (C=O) groups is 3. The summed E-state index contributed by atoms with van der Waals surface area (Å²) in [4.78, 5) is 38.0. The largest absolute Gasteiger partial charge is 0.493 e. The predicted octanol–water partition coefficient (Wildman–Crippen LogP) is 8.81. The van der Waals surface area contributed by atoms with Gasteiger partial charge in [0.25, 0.3) is 0 Å². The first-order valence-electron chi connectivity index (χ1n) is 14.7. The van der Waals surface area contributed by atoms with Crippen molar-refractivity contribution in [2.75, 3.05) is 16.8 Å². The van der Waals surface area contributed by atoms with Gasteiger partial charge in [0.05, 0.1) is 18.0 Å². The van der Waals surface area contributed by atoms with Gasteiger partial charge in [0, 0.05) is 17.2 Å². The van der Waals surface area contributed by atoms with Crippen molar-refractivity contribution in [3.8, 4) is 16.9 Å². The van der Waals surface area contributed by atoms with E-state index in [4.69, 9.17) is 9.47 Å². The maximum atomic E-state index is 12.9. The number of ether oxygens (including phenoxy) is 2. The molecule has 0 aliphatic heterocycles. The van der Waals surface area contributed by atoms with Crippen LogP contribution >= 0.6 is 0 Å². The van der Waals surface area contributed by atoms with Crippen molar-refractivity contribution in [3.05, 3.63) is 83.9 Å². The van der Waals surface area contributed by atoms with Gasteiger partial charge in [0.15, 0.2) is 0 Å². The SMILES string of the molecule is CC(C)(C)OC(=O)Nc1cc(N(C(=O)O)C2CCCCC2)c(-c2ccccc2)cc1/C=C/CCOc1ccc(C=O)cc1. The van der Waals surface area contributed by atoms with E-state index < -0.39 is 17.8 Å². The van der Waals surface area contributed by atoms with Crippen molar-refractivity contribution in [2.45, 2.75) is 70.9 Å². The maximum Gasteiger partial charge on any atom is 0.412 e. The van der Waals surface area contributed by atoms with Gasteiger partial charge in [-0.3, -0.25) is 15.0 Å². The molecular weight excluding hydrogens is 544 g/mol. The molecular formula is C35H40N2O6. The molecule has 1 fully saturated rings. The molecule has 43 heavy (non-hydrogen) atoms. The van der Waals surface area contributed by atoms with Crippen molar-refractivity contribution in [2.24, 2.45) is 0 Å². The Bertz CT molecular complexity index is 1420. The van der Waals surface area contributed by atoms with Gasteiger partial charge in [-0.05, 0) is 87.6 Å². The summed E-state index contributed by atoms with van der Waals surface area (Å²) in [5.74, 6) is 0.665. The van der Waals surface area contributed by atoms with E-state index in [1.807, 2.05) is 48.6 Å². The summed E-state index contributed by atoms with van der Waals surface area (Å²) in [6, 6.07) is 20.1. The lowest BCUT2D eigenvalue weighted by Gasteiger charge is -2.34. The second kappa shape index (κ2) is 14.5. The smallest absolute Gasteiger partial charge is 0.412 e. The summed E-state index contributed by atoms with van der Waals surface area (Å²) >= 11 is 0. The minimum Gasteiger partial charge on any atom is -0.493 e. The lowest BCUT2D eigenvalue weighted by Crippen LogP contribution is -2.41. The number of aldehydes is 1. The van der Waals surface area contributed by atoms with Gasteiger partial charge < -0.3 is 14.6 Å². The van der Waals surface area contributed by atoms with E-state index in [2.05, 4.69) is 5.32 Å². The number of carboxylic acid groups (broad SMARTS) is 1. The standard InChI is InChI=1S/C35H40N2O6/c1-35(2,3)43-33(39)36-31-23-32(37(34(40)41)28-15-8-5-9-16-28)30(26-12-6-4-7-13-26)22-27(31)14-10-11-21-42-29-19-17-25(24-38)18-20-29/h4,6-7,10,12-14,17-20,22-24,28H,5,8-9,11,15-16,21H2,1-3H3,(H,36,39)(H,40,41)/b14-10+. The summed E-state index contributed by atoms with van der Waals surface area (Å²) in [7, 11) is 0. The zero-order chi connectivity index (χ0) is 30.8. The van der Waals surface area contributed by atoms with Crippen molar-refractivity contribution >= 4 is 35.9 Å².